The van der Waals surface area contributed by atoms with Crippen molar-refractivity contribution in [2.75, 3.05) is 11.1 Å². The molecule has 0 saturated heterocycles. The van der Waals surface area contributed by atoms with Crippen molar-refractivity contribution in [3.63, 3.8) is 0 Å². The van der Waals surface area contributed by atoms with Crippen molar-refractivity contribution in [3.05, 3.63) is 47.1 Å². The van der Waals surface area contributed by atoms with E-state index in [1.807, 2.05) is 38.1 Å². The highest BCUT2D eigenvalue weighted by Crippen LogP contribution is 2.28. The van der Waals surface area contributed by atoms with Crippen molar-refractivity contribution < 1.29 is 9.90 Å². The van der Waals surface area contributed by atoms with Gasteiger partial charge in [0.05, 0.1) is 23.3 Å². The van der Waals surface area contributed by atoms with Crippen LogP contribution in [0.25, 0.3) is 0 Å². The van der Waals surface area contributed by atoms with E-state index in [9.17, 15) is 9.90 Å². The Morgan fingerprint density at radius 2 is 1.95 bits per heavy atom. The molecule has 1 aromatic carbocycles. The number of nitrogens with one attached hydrogen (secondary N) is 1. The Kier molecular flexibility index (Phi) is 4.36. The molecule has 0 aromatic heterocycles. The van der Waals surface area contributed by atoms with Gasteiger partial charge in [0.1, 0.15) is 0 Å². The lowest BCUT2D eigenvalue weighted by Gasteiger charge is -2.27. The third-order valence-corrected chi connectivity index (χ3v) is 4.00. The molecule has 4 N–H and O–H groups in total. The fourth-order valence-corrected chi connectivity index (χ4v) is 2.51. The highest BCUT2D eigenvalue weighted by molar-refractivity contribution is 5.77. The second kappa shape index (κ2) is 6.04. The SMILES string of the molecule is CCc1ccc(NC2C=C(C)C(C)=CC2C(=O)O)c(N)c1. The average Bonchev–Trinajstić information content (AvgIpc) is 2.44. The number of aryl methyl sites for hydroxylation is 1. The van der Waals surface area contributed by atoms with Crippen molar-refractivity contribution >= 4 is 17.3 Å². The van der Waals surface area contributed by atoms with Crippen LogP contribution in [-0.4, -0.2) is 17.1 Å². The van der Waals surface area contributed by atoms with Crippen LogP contribution in [0.1, 0.15) is 26.3 Å². The molecule has 2 unspecified atom stereocenters. The van der Waals surface area contributed by atoms with E-state index >= 15 is 0 Å². The van der Waals surface area contributed by atoms with E-state index in [1.165, 1.54) is 5.56 Å². The van der Waals surface area contributed by atoms with E-state index in [4.69, 9.17) is 5.73 Å². The largest absolute Gasteiger partial charge is 0.481 e. The Balaban J connectivity index is 2.27. The molecule has 0 saturated carbocycles. The van der Waals surface area contributed by atoms with Crippen molar-refractivity contribution in [2.24, 2.45) is 5.92 Å². The van der Waals surface area contributed by atoms with E-state index in [0.717, 1.165) is 23.3 Å². The first-order valence-corrected chi connectivity index (χ1v) is 7.17. The fourth-order valence-electron chi connectivity index (χ4n) is 2.51. The molecule has 112 valence electrons. The minimum atomic E-state index is -0.834. The summed E-state index contributed by atoms with van der Waals surface area (Å²) in [5.74, 6) is -1.42. The van der Waals surface area contributed by atoms with Crippen LogP contribution in [0.4, 0.5) is 11.4 Å². The first-order chi connectivity index (χ1) is 9.92. The van der Waals surface area contributed by atoms with Crippen LogP contribution >= 0.6 is 0 Å². The molecule has 21 heavy (non-hydrogen) atoms. The Morgan fingerprint density at radius 1 is 1.29 bits per heavy atom. The number of carboxylic acid groups (broad SMARTS) is 1. The lowest BCUT2D eigenvalue weighted by molar-refractivity contribution is -0.140. The Bertz CT molecular complexity index is 617. The van der Waals surface area contributed by atoms with Crippen LogP contribution in [-0.2, 0) is 11.2 Å². The predicted octanol–water partition coefficient (Wildman–Crippen LogP) is 3.22. The molecule has 1 aliphatic carbocycles. The molecule has 0 aliphatic heterocycles. The van der Waals surface area contributed by atoms with Gasteiger partial charge >= 0.3 is 5.97 Å². The zero-order valence-corrected chi connectivity index (χ0v) is 12.7. The number of hydrogen-bond acceptors (Lipinski definition) is 3. The Labute approximate surface area is 125 Å². The average molecular weight is 286 g/mol. The summed E-state index contributed by atoms with van der Waals surface area (Å²) >= 11 is 0. The van der Waals surface area contributed by atoms with Crippen LogP contribution in [0.5, 0.6) is 0 Å². The van der Waals surface area contributed by atoms with Crippen molar-refractivity contribution in [2.45, 2.75) is 33.2 Å². The molecule has 2 atom stereocenters. The smallest absolute Gasteiger partial charge is 0.312 e. The van der Waals surface area contributed by atoms with Gasteiger partial charge in [-0.1, -0.05) is 36.3 Å². The van der Waals surface area contributed by atoms with Crippen molar-refractivity contribution in [1.82, 2.24) is 0 Å². The van der Waals surface area contributed by atoms with Gasteiger partial charge in [0.2, 0.25) is 0 Å². The van der Waals surface area contributed by atoms with Gasteiger partial charge in [0.15, 0.2) is 0 Å². The minimum Gasteiger partial charge on any atom is -0.481 e. The summed E-state index contributed by atoms with van der Waals surface area (Å²) in [5.41, 5.74) is 10.7. The summed E-state index contributed by atoms with van der Waals surface area (Å²) in [5, 5.41) is 12.7. The van der Waals surface area contributed by atoms with Crippen LogP contribution < -0.4 is 11.1 Å². The minimum absolute atomic E-state index is 0.291. The molecule has 0 heterocycles. The van der Waals surface area contributed by atoms with E-state index in [1.54, 1.807) is 6.08 Å². The lowest BCUT2D eigenvalue weighted by atomic mass is 9.87. The number of carbonyl (C=O) groups is 1. The monoisotopic (exact) mass is 286 g/mol. The topological polar surface area (TPSA) is 75.3 Å². The maximum Gasteiger partial charge on any atom is 0.312 e. The van der Waals surface area contributed by atoms with Gasteiger partial charge in [-0.2, -0.15) is 0 Å². The molecule has 1 aromatic rings. The fraction of sp³-hybridized carbons (Fsp3) is 0.353. The highest BCUT2D eigenvalue weighted by atomic mass is 16.4. The molecule has 0 amide bonds. The van der Waals surface area contributed by atoms with E-state index in [0.29, 0.717) is 5.69 Å². The van der Waals surface area contributed by atoms with Crippen LogP contribution in [0.2, 0.25) is 0 Å². The summed E-state index contributed by atoms with van der Waals surface area (Å²) in [6.45, 7) is 5.99. The number of hydrogen-bond donors (Lipinski definition) is 3. The number of rotatable bonds is 4. The van der Waals surface area contributed by atoms with Crippen molar-refractivity contribution in [1.29, 1.82) is 0 Å². The highest BCUT2D eigenvalue weighted by Gasteiger charge is 2.28. The summed E-state index contributed by atoms with van der Waals surface area (Å²) in [4.78, 5) is 11.4. The molecule has 0 fully saturated rings. The molecule has 0 radical (unpaired) electrons. The predicted molar refractivity (Wildman–Crippen MR) is 86.3 cm³/mol. The number of benzene rings is 1. The summed E-state index contributed by atoms with van der Waals surface area (Å²) < 4.78 is 0. The molecule has 4 nitrogen and oxygen atoms in total. The number of allylic oxidation sites excluding steroid dienone is 2. The lowest BCUT2D eigenvalue weighted by Crippen LogP contribution is -2.34. The maximum atomic E-state index is 11.4. The Hall–Kier alpha value is -2.23. The summed E-state index contributed by atoms with van der Waals surface area (Å²) in [6, 6.07) is 5.57. The van der Waals surface area contributed by atoms with Gasteiger partial charge < -0.3 is 16.2 Å². The second-order valence-electron chi connectivity index (χ2n) is 5.51. The van der Waals surface area contributed by atoms with Gasteiger partial charge in [0.25, 0.3) is 0 Å². The first-order valence-electron chi connectivity index (χ1n) is 7.17. The number of anilines is 2. The summed E-state index contributed by atoms with van der Waals surface area (Å²) in [6.07, 6.45) is 4.68. The summed E-state index contributed by atoms with van der Waals surface area (Å²) in [7, 11) is 0. The molecule has 0 spiro atoms. The normalized spacial score (nSPS) is 21.5. The third kappa shape index (κ3) is 3.27. The van der Waals surface area contributed by atoms with Gasteiger partial charge in [0, 0.05) is 0 Å². The van der Waals surface area contributed by atoms with E-state index in [-0.39, 0.29) is 6.04 Å². The molecular formula is C17H22N2O2. The van der Waals surface area contributed by atoms with Gasteiger partial charge in [-0.15, -0.1) is 0 Å². The molecular weight excluding hydrogens is 264 g/mol. The Morgan fingerprint density at radius 3 is 2.52 bits per heavy atom. The van der Waals surface area contributed by atoms with Gasteiger partial charge in [-0.3, -0.25) is 4.79 Å². The zero-order chi connectivity index (χ0) is 15.6. The van der Waals surface area contributed by atoms with Gasteiger partial charge in [-0.25, -0.2) is 0 Å². The van der Waals surface area contributed by atoms with Gasteiger partial charge in [-0.05, 0) is 38.0 Å². The first kappa shape index (κ1) is 15.2. The molecule has 2 rings (SSSR count). The maximum absolute atomic E-state index is 11.4. The molecule has 1 aliphatic rings. The van der Waals surface area contributed by atoms with Crippen LogP contribution in [0, 0.1) is 5.92 Å². The molecule has 4 heteroatoms. The standard InChI is InChI=1S/C17H22N2O2/c1-4-12-5-6-15(14(18)9-12)19-16-8-11(3)10(2)7-13(16)17(20)21/h5-9,13,16,19H,4,18H2,1-3H3,(H,20,21). The van der Waals surface area contributed by atoms with Crippen molar-refractivity contribution in [3.8, 4) is 0 Å². The quantitative estimate of drug-likeness (QED) is 0.743. The number of carboxylic acids is 1. The third-order valence-electron chi connectivity index (χ3n) is 4.00. The van der Waals surface area contributed by atoms with Crippen LogP contribution in [0.3, 0.4) is 0 Å². The van der Waals surface area contributed by atoms with E-state index in [2.05, 4.69) is 12.2 Å². The van der Waals surface area contributed by atoms with E-state index < -0.39 is 11.9 Å². The van der Waals surface area contributed by atoms with Crippen LogP contribution in [0.15, 0.2) is 41.5 Å². The molecule has 0 bridgehead atoms. The number of aliphatic carboxylic acids is 1. The number of nitrogens with two attached hydrogens (primary N) is 1. The zero-order valence-electron chi connectivity index (χ0n) is 12.7. The number of nitrogen functional groups attached to an aromatic ring is 1. The second-order valence-corrected chi connectivity index (χ2v) is 5.51.